The molecule has 0 heterocycles. The third-order valence-corrected chi connectivity index (χ3v) is 5.20. The highest BCUT2D eigenvalue weighted by atomic mass is 127. The summed E-state index contributed by atoms with van der Waals surface area (Å²) in [6, 6.07) is 6.95. The third-order valence-electron chi connectivity index (χ3n) is 2.40. The largest absolute Gasteiger partial charge is 0.219 e. The van der Waals surface area contributed by atoms with Crippen LogP contribution in [0.15, 0.2) is 38.1 Å². The van der Waals surface area contributed by atoms with E-state index in [2.05, 4.69) is 29.5 Å². The number of allylic oxidation sites excluding steroid dienone is 1. The second-order valence-electron chi connectivity index (χ2n) is 4.03. The highest BCUT2D eigenvalue weighted by Gasteiger charge is 2.11. The predicted molar refractivity (Wildman–Crippen MR) is 80.0 cm³/mol. The van der Waals surface area contributed by atoms with Crippen molar-refractivity contribution in [2.45, 2.75) is 38.0 Å². The van der Waals surface area contributed by atoms with Crippen molar-refractivity contribution >= 4 is 32.4 Å². The van der Waals surface area contributed by atoms with E-state index in [0.29, 0.717) is 4.90 Å². The first-order valence-corrected chi connectivity index (χ1v) is 8.26. The second-order valence-corrected chi connectivity index (χ2v) is 7.21. The minimum atomic E-state index is -3.28. The summed E-state index contributed by atoms with van der Waals surface area (Å²) in [5, 5.41) is 1.38. The van der Waals surface area contributed by atoms with E-state index in [9.17, 15) is 8.42 Å². The van der Waals surface area contributed by atoms with Gasteiger partial charge in [-0.05, 0) is 54.5 Å². The maximum Gasteiger partial charge on any atom is 0.200 e. The summed E-state index contributed by atoms with van der Waals surface area (Å²) in [5.74, 6) is 0. The number of sulfone groups is 1. The molecule has 1 aromatic carbocycles. The van der Waals surface area contributed by atoms with Gasteiger partial charge in [0.2, 0.25) is 9.84 Å². The maximum atomic E-state index is 12.0. The van der Waals surface area contributed by atoms with Crippen LogP contribution >= 0.6 is 22.6 Å². The number of rotatable bonds is 5. The molecule has 0 atom stereocenters. The maximum absolute atomic E-state index is 12.0. The van der Waals surface area contributed by atoms with E-state index in [-0.39, 0.29) is 0 Å². The molecule has 0 amide bonds. The van der Waals surface area contributed by atoms with Crippen LogP contribution in [-0.4, -0.2) is 8.42 Å². The van der Waals surface area contributed by atoms with Gasteiger partial charge in [0.1, 0.15) is 0 Å². The Hall–Kier alpha value is -0.360. The highest BCUT2D eigenvalue weighted by molar-refractivity contribution is 14.1. The molecule has 0 aliphatic heterocycles. The van der Waals surface area contributed by atoms with Gasteiger partial charge in [-0.2, -0.15) is 0 Å². The van der Waals surface area contributed by atoms with Crippen molar-refractivity contribution in [2.75, 3.05) is 0 Å². The van der Waals surface area contributed by atoms with Crippen LogP contribution in [0.3, 0.4) is 0 Å². The molecular weight excluding hydrogens is 347 g/mol. The van der Waals surface area contributed by atoms with Crippen molar-refractivity contribution in [1.29, 1.82) is 0 Å². The predicted octanol–water partition coefficient (Wildman–Crippen LogP) is 4.24. The summed E-state index contributed by atoms with van der Waals surface area (Å²) in [4.78, 5) is 0.369. The van der Waals surface area contributed by atoms with Gasteiger partial charge in [-0.3, -0.25) is 0 Å². The van der Waals surface area contributed by atoms with Crippen LogP contribution in [-0.2, 0) is 9.84 Å². The summed E-state index contributed by atoms with van der Waals surface area (Å²) in [6.45, 7) is 4.04. The summed E-state index contributed by atoms with van der Waals surface area (Å²) in [5.41, 5.74) is 1.06. The molecule has 0 radical (unpaired) electrons. The van der Waals surface area contributed by atoms with Gasteiger partial charge in [-0.25, -0.2) is 8.42 Å². The fourth-order valence-electron chi connectivity index (χ4n) is 1.37. The molecule has 1 rings (SSSR count). The molecule has 2 nitrogen and oxygen atoms in total. The first-order valence-electron chi connectivity index (χ1n) is 5.63. The van der Waals surface area contributed by atoms with Crippen LogP contribution in [0.25, 0.3) is 0 Å². The van der Waals surface area contributed by atoms with Gasteiger partial charge in [0.05, 0.1) is 4.90 Å². The quantitative estimate of drug-likeness (QED) is 0.733. The van der Waals surface area contributed by atoms with Gasteiger partial charge in [0, 0.05) is 8.99 Å². The van der Waals surface area contributed by atoms with Crippen molar-refractivity contribution in [3.8, 4) is 0 Å². The Morgan fingerprint density at radius 2 is 1.88 bits per heavy atom. The van der Waals surface area contributed by atoms with Gasteiger partial charge in [-0.15, -0.1) is 0 Å². The van der Waals surface area contributed by atoms with Crippen LogP contribution in [0.5, 0.6) is 0 Å². The van der Waals surface area contributed by atoms with Crippen molar-refractivity contribution in [3.05, 3.63) is 38.8 Å². The van der Waals surface area contributed by atoms with Gasteiger partial charge in [0.15, 0.2) is 0 Å². The molecule has 0 spiro atoms. The van der Waals surface area contributed by atoms with Crippen molar-refractivity contribution in [2.24, 2.45) is 0 Å². The standard InChI is InChI=1S/C13H17IO2S/c1-3-4-5-12(14)10-17(15,16)13-8-6-11(2)7-9-13/h6-10H,3-5H2,1-2H3. The van der Waals surface area contributed by atoms with Crippen LogP contribution in [0, 0.1) is 6.92 Å². The Labute approximate surface area is 117 Å². The smallest absolute Gasteiger partial charge is 0.200 e. The molecule has 1 aromatic rings. The Kier molecular flexibility index (Phi) is 5.66. The zero-order chi connectivity index (χ0) is 12.9. The van der Waals surface area contributed by atoms with E-state index in [1.165, 1.54) is 5.41 Å². The third kappa shape index (κ3) is 4.79. The minimum absolute atomic E-state index is 0.369. The first kappa shape index (κ1) is 14.7. The lowest BCUT2D eigenvalue weighted by Crippen LogP contribution is -1.97. The zero-order valence-electron chi connectivity index (χ0n) is 10.1. The van der Waals surface area contributed by atoms with E-state index in [1.54, 1.807) is 12.1 Å². The molecule has 17 heavy (non-hydrogen) atoms. The molecule has 0 N–H and O–H groups in total. The van der Waals surface area contributed by atoms with Crippen molar-refractivity contribution < 1.29 is 8.42 Å². The lowest BCUT2D eigenvalue weighted by Gasteiger charge is -2.02. The number of aryl methyl sites for hydroxylation is 1. The molecular formula is C13H17IO2S. The minimum Gasteiger partial charge on any atom is -0.219 e. The number of benzene rings is 1. The lowest BCUT2D eigenvalue weighted by atomic mass is 10.2. The average Bonchev–Trinajstić information content (AvgIpc) is 2.26. The number of hydrogen-bond acceptors (Lipinski definition) is 2. The molecule has 0 fully saturated rings. The Morgan fingerprint density at radius 1 is 1.29 bits per heavy atom. The molecule has 0 aliphatic carbocycles. The Bertz CT molecular complexity index is 487. The fourth-order valence-corrected chi connectivity index (χ4v) is 3.86. The van der Waals surface area contributed by atoms with Crippen molar-refractivity contribution in [3.63, 3.8) is 0 Å². The number of hydrogen-bond donors (Lipinski definition) is 0. The molecule has 4 heteroatoms. The normalized spacial score (nSPS) is 12.8. The lowest BCUT2D eigenvalue weighted by molar-refractivity contribution is 0.604. The molecule has 0 aliphatic rings. The van der Waals surface area contributed by atoms with Crippen LogP contribution < -0.4 is 0 Å². The monoisotopic (exact) mass is 364 g/mol. The molecule has 0 saturated carbocycles. The highest BCUT2D eigenvalue weighted by Crippen LogP contribution is 2.21. The molecule has 0 unspecified atom stereocenters. The van der Waals surface area contributed by atoms with Gasteiger partial charge < -0.3 is 0 Å². The first-order chi connectivity index (χ1) is 7.95. The van der Waals surface area contributed by atoms with Crippen LogP contribution in [0.1, 0.15) is 31.7 Å². The summed E-state index contributed by atoms with van der Waals surface area (Å²) >= 11 is 2.11. The molecule has 0 saturated heterocycles. The SMILES string of the molecule is CCCCC(I)=CS(=O)(=O)c1ccc(C)cc1. The average molecular weight is 364 g/mol. The number of unbranched alkanes of at least 4 members (excludes halogenated alkanes) is 1. The summed E-state index contributed by atoms with van der Waals surface area (Å²) < 4.78 is 25.0. The van der Waals surface area contributed by atoms with Gasteiger partial charge in [0.25, 0.3) is 0 Å². The van der Waals surface area contributed by atoms with Gasteiger partial charge in [-0.1, -0.05) is 31.0 Å². The molecule has 94 valence electrons. The summed E-state index contributed by atoms with van der Waals surface area (Å²) in [7, 11) is -3.28. The van der Waals surface area contributed by atoms with E-state index in [4.69, 9.17) is 0 Å². The van der Waals surface area contributed by atoms with E-state index in [1.807, 2.05) is 19.1 Å². The Morgan fingerprint density at radius 3 is 2.41 bits per heavy atom. The molecule has 0 bridgehead atoms. The number of halogens is 1. The summed E-state index contributed by atoms with van der Waals surface area (Å²) in [6.07, 6.45) is 2.94. The van der Waals surface area contributed by atoms with Crippen LogP contribution in [0.2, 0.25) is 0 Å². The van der Waals surface area contributed by atoms with Crippen molar-refractivity contribution in [1.82, 2.24) is 0 Å². The van der Waals surface area contributed by atoms with E-state index < -0.39 is 9.84 Å². The second kappa shape index (κ2) is 6.54. The molecule has 0 aromatic heterocycles. The van der Waals surface area contributed by atoms with E-state index in [0.717, 1.165) is 28.4 Å². The Balaban J connectivity index is 2.92. The topological polar surface area (TPSA) is 34.1 Å². The fraction of sp³-hybridized carbons (Fsp3) is 0.385. The zero-order valence-corrected chi connectivity index (χ0v) is 13.1. The van der Waals surface area contributed by atoms with E-state index >= 15 is 0 Å². The van der Waals surface area contributed by atoms with Crippen LogP contribution in [0.4, 0.5) is 0 Å². The van der Waals surface area contributed by atoms with Gasteiger partial charge >= 0.3 is 0 Å².